The molecular formula is C10H11BrClN3. The highest BCUT2D eigenvalue weighted by Crippen LogP contribution is 2.28. The molecule has 2 rings (SSSR count). The number of aromatic nitrogens is 1. The van der Waals surface area contributed by atoms with Crippen molar-refractivity contribution in [1.82, 2.24) is 4.98 Å². The monoisotopic (exact) mass is 287 g/mol. The number of aryl methyl sites for hydroxylation is 1. The Balaban J connectivity index is 0.00000112. The Hall–Kier alpha value is -0.840. The van der Waals surface area contributed by atoms with E-state index in [-0.39, 0.29) is 12.4 Å². The molecule has 3 nitrogen and oxygen atoms in total. The molecular weight excluding hydrogens is 277 g/mol. The normalized spacial score (nSPS) is 9.80. The minimum atomic E-state index is 0. The Bertz CT molecular complexity index is 487. The highest BCUT2D eigenvalue weighted by atomic mass is 79.9. The fourth-order valence-corrected chi connectivity index (χ4v) is 1.78. The van der Waals surface area contributed by atoms with Gasteiger partial charge in [0.05, 0.1) is 11.2 Å². The van der Waals surface area contributed by atoms with Crippen LogP contribution >= 0.6 is 28.3 Å². The van der Waals surface area contributed by atoms with E-state index in [0.29, 0.717) is 0 Å². The summed E-state index contributed by atoms with van der Waals surface area (Å²) >= 11 is 3.47. The zero-order valence-corrected chi connectivity index (χ0v) is 10.5. The van der Waals surface area contributed by atoms with Crippen LogP contribution in [0.3, 0.4) is 0 Å². The Morgan fingerprint density at radius 2 is 2.07 bits per heavy atom. The molecule has 0 aliphatic carbocycles. The maximum Gasteiger partial charge on any atom is 0.0763 e. The summed E-state index contributed by atoms with van der Waals surface area (Å²) in [4.78, 5) is 4.32. The lowest BCUT2D eigenvalue weighted by molar-refractivity contribution is 1.31. The average molecular weight is 289 g/mol. The highest BCUT2D eigenvalue weighted by Gasteiger charge is 2.05. The maximum atomic E-state index is 5.41. The number of benzene rings is 1. The first-order valence-corrected chi connectivity index (χ1v) is 5.04. The van der Waals surface area contributed by atoms with Gasteiger partial charge in [0, 0.05) is 16.1 Å². The zero-order chi connectivity index (χ0) is 10.1. The number of hydrogen-bond donors (Lipinski definition) is 2. The summed E-state index contributed by atoms with van der Waals surface area (Å²) < 4.78 is 1.06. The second-order valence-electron chi connectivity index (χ2n) is 3.07. The number of anilines is 1. The molecule has 2 aromatic rings. The summed E-state index contributed by atoms with van der Waals surface area (Å²) in [6.45, 7) is 2.03. The lowest BCUT2D eigenvalue weighted by atomic mass is 10.1. The van der Waals surface area contributed by atoms with Crippen LogP contribution in [0.25, 0.3) is 10.9 Å². The summed E-state index contributed by atoms with van der Waals surface area (Å²) in [5.41, 5.74) is 5.65. The third-order valence-corrected chi connectivity index (χ3v) is 3.11. The standard InChI is InChI=1S/C10H10BrN3.ClH/c1-6-8(11)3-2-7-9(14-12)4-5-13-10(6)7;/h2-5H,12H2,1H3,(H,13,14);1H. The van der Waals surface area contributed by atoms with E-state index in [1.807, 2.05) is 25.1 Å². The molecule has 0 unspecified atom stereocenters. The molecule has 15 heavy (non-hydrogen) atoms. The van der Waals surface area contributed by atoms with Crippen LogP contribution in [-0.2, 0) is 0 Å². The van der Waals surface area contributed by atoms with Gasteiger partial charge >= 0.3 is 0 Å². The van der Waals surface area contributed by atoms with E-state index in [0.717, 1.165) is 26.6 Å². The molecule has 0 saturated carbocycles. The Labute approximate surface area is 103 Å². The number of hydrogen-bond acceptors (Lipinski definition) is 3. The molecule has 0 amide bonds. The van der Waals surface area contributed by atoms with Crippen LogP contribution in [0, 0.1) is 6.92 Å². The lowest BCUT2D eigenvalue weighted by Gasteiger charge is -2.07. The smallest absolute Gasteiger partial charge is 0.0763 e. The van der Waals surface area contributed by atoms with Crippen molar-refractivity contribution in [3.05, 3.63) is 34.4 Å². The highest BCUT2D eigenvalue weighted by molar-refractivity contribution is 9.10. The second-order valence-corrected chi connectivity index (χ2v) is 3.93. The molecule has 0 bridgehead atoms. The fraction of sp³-hybridized carbons (Fsp3) is 0.100. The number of halogens is 2. The number of pyridine rings is 1. The molecule has 0 aliphatic heterocycles. The number of rotatable bonds is 1. The molecule has 0 aliphatic rings. The molecule has 0 radical (unpaired) electrons. The van der Waals surface area contributed by atoms with Crippen molar-refractivity contribution in [2.24, 2.45) is 5.84 Å². The Morgan fingerprint density at radius 3 is 2.73 bits per heavy atom. The topological polar surface area (TPSA) is 50.9 Å². The van der Waals surface area contributed by atoms with Gasteiger partial charge in [0.1, 0.15) is 0 Å². The molecule has 0 atom stereocenters. The van der Waals surface area contributed by atoms with Gasteiger partial charge in [-0.05, 0) is 30.7 Å². The van der Waals surface area contributed by atoms with Gasteiger partial charge in [0.2, 0.25) is 0 Å². The van der Waals surface area contributed by atoms with Crippen molar-refractivity contribution in [3.8, 4) is 0 Å². The number of hydrazine groups is 1. The van der Waals surface area contributed by atoms with E-state index in [9.17, 15) is 0 Å². The van der Waals surface area contributed by atoms with Gasteiger partial charge in [-0.3, -0.25) is 10.8 Å². The molecule has 3 N–H and O–H groups in total. The van der Waals surface area contributed by atoms with Crippen LogP contribution in [0.15, 0.2) is 28.9 Å². The molecule has 0 spiro atoms. The fourth-order valence-electron chi connectivity index (χ4n) is 1.46. The summed E-state index contributed by atoms with van der Waals surface area (Å²) in [5, 5.41) is 1.04. The molecule has 0 saturated heterocycles. The lowest BCUT2D eigenvalue weighted by Crippen LogP contribution is -2.07. The van der Waals surface area contributed by atoms with Gasteiger partial charge in [0.25, 0.3) is 0 Å². The van der Waals surface area contributed by atoms with E-state index in [1.165, 1.54) is 0 Å². The second kappa shape index (κ2) is 4.79. The quantitative estimate of drug-likeness (QED) is 0.626. The van der Waals surface area contributed by atoms with Crippen LogP contribution in [0.4, 0.5) is 5.69 Å². The molecule has 0 fully saturated rings. The van der Waals surface area contributed by atoms with Crippen molar-refractivity contribution in [2.45, 2.75) is 6.92 Å². The van der Waals surface area contributed by atoms with Gasteiger partial charge < -0.3 is 5.43 Å². The van der Waals surface area contributed by atoms with Gasteiger partial charge in [-0.15, -0.1) is 12.4 Å². The molecule has 5 heteroatoms. The Kier molecular flexibility index (Phi) is 3.90. The maximum absolute atomic E-state index is 5.41. The summed E-state index contributed by atoms with van der Waals surface area (Å²) in [5.74, 6) is 5.41. The minimum absolute atomic E-state index is 0. The van der Waals surface area contributed by atoms with Gasteiger partial charge in [-0.25, -0.2) is 0 Å². The van der Waals surface area contributed by atoms with Crippen molar-refractivity contribution >= 4 is 44.9 Å². The molecule has 1 heterocycles. The van der Waals surface area contributed by atoms with E-state index >= 15 is 0 Å². The average Bonchev–Trinajstić information content (AvgIpc) is 2.23. The first kappa shape index (κ1) is 12.2. The molecule has 80 valence electrons. The van der Waals surface area contributed by atoms with Gasteiger partial charge in [-0.1, -0.05) is 15.9 Å². The van der Waals surface area contributed by atoms with Crippen molar-refractivity contribution in [3.63, 3.8) is 0 Å². The van der Waals surface area contributed by atoms with Crippen LogP contribution in [0.1, 0.15) is 5.56 Å². The third kappa shape index (κ3) is 2.07. The van der Waals surface area contributed by atoms with Crippen molar-refractivity contribution in [2.75, 3.05) is 5.43 Å². The van der Waals surface area contributed by atoms with Gasteiger partial charge in [0.15, 0.2) is 0 Å². The van der Waals surface area contributed by atoms with Crippen LogP contribution in [0.5, 0.6) is 0 Å². The first-order chi connectivity index (χ1) is 6.74. The number of nitrogen functional groups attached to an aromatic ring is 1. The predicted octanol–water partition coefficient (Wildman–Crippen LogP) is 3.01. The van der Waals surface area contributed by atoms with Crippen LogP contribution in [-0.4, -0.2) is 4.98 Å². The summed E-state index contributed by atoms with van der Waals surface area (Å²) in [7, 11) is 0. The van der Waals surface area contributed by atoms with Gasteiger partial charge in [-0.2, -0.15) is 0 Å². The minimum Gasteiger partial charge on any atom is -0.323 e. The first-order valence-electron chi connectivity index (χ1n) is 4.24. The molecule has 1 aromatic carbocycles. The number of nitrogens with one attached hydrogen (secondary N) is 1. The van der Waals surface area contributed by atoms with Crippen molar-refractivity contribution in [1.29, 1.82) is 0 Å². The third-order valence-electron chi connectivity index (χ3n) is 2.26. The molecule has 1 aromatic heterocycles. The number of fused-ring (bicyclic) bond motifs is 1. The largest absolute Gasteiger partial charge is 0.323 e. The van der Waals surface area contributed by atoms with E-state index in [2.05, 4.69) is 26.3 Å². The van der Waals surface area contributed by atoms with Crippen LogP contribution < -0.4 is 11.3 Å². The van der Waals surface area contributed by atoms with E-state index in [4.69, 9.17) is 5.84 Å². The van der Waals surface area contributed by atoms with Crippen molar-refractivity contribution < 1.29 is 0 Å². The van der Waals surface area contributed by atoms with E-state index < -0.39 is 0 Å². The summed E-state index contributed by atoms with van der Waals surface area (Å²) in [6, 6.07) is 5.85. The zero-order valence-electron chi connectivity index (χ0n) is 8.12. The predicted molar refractivity (Wildman–Crippen MR) is 69.2 cm³/mol. The SMILES string of the molecule is Cc1c(Br)ccc2c(NN)ccnc12.Cl. The summed E-state index contributed by atoms with van der Waals surface area (Å²) in [6.07, 6.45) is 1.75. The van der Waals surface area contributed by atoms with Crippen LogP contribution in [0.2, 0.25) is 0 Å². The number of nitrogens with zero attached hydrogens (tertiary/aromatic N) is 1. The number of nitrogens with two attached hydrogens (primary N) is 1. The van der Waals surface area contributed by atoms with E-state index in [1.54, 1.807) is 6.20 Å². The Morgan fingerprint density at radius 1 is 1.33 bits per heavy atom.